The fraction of sp³-hybridized carbons (Fsp3) is 0.690. The van der Waals surface area contributed by atoms with Crippen molar-refractivity contribution in [1.82, 2.24) is 0 Å². The van der Waals surface area contributed by atoms with E-state index in [9.17, 15) is 4.79 Å². The highest BCUT2D eigenvalue weighted by Gasteiger charge is 2.59. The van der Waals surface area contributed by atoms with Crippen molar-refractivity contribution in [3.8, 4) is 5.75 Å². The zero-order valence-electron chi connectivity index (χ0n) is 20.4. The summed E-state index contributed by atoms with van der Waals surface area (Å²) in [7, 11) is 1.70. The number of benzene rings is 1. The van der Waals surface area contributed by atoms with E-state index in [0.717, 1.165) is 36.8 Å². The lowest BCUT2D eigenvalue weighted by atomic mass is 9.47. The minimum absolute atomic E-state index is 0.230. The highest BCUT2D eigenvalue weighted by atomic mass is 16.5. The van der Waals surface area contributed by atoms with Crippen LogP contribution in [0.15, 0.2) is 35.9 Å². The van der Waals surface area contributed by atoms with E-state index in [1.54, 1.807) is 12.7 Å². The minimum atomic E-state index is 0.230. The summed E-state index contributed by atoms with van der Waals surface area (Å²) in [5.74, 6) is 3.82. The van der Waals surface area contributed by atoms with Crippen molar-refractivity contribution < 1.29 is 14.3 Å². The van der Waals surface area contributed by atoms with E-state index in [-0.39, 0.29) is 10.8 Å². The first kappa shape index (κ1) is 22.2. The lowest BCUT2D eigenvalue weighted by Gasteiger charge is -2.58. The smallest absolute Gasteiger partial charge is 0.133 e. The third-order valence-electron chi connectivity index (χ3n) is 10.1. The molecule has 174 valence electrons. The molecule has 4 aliphatic carbocycles. The maximum Gasteiger partial charge on any atom is 0.133 e. The predicted molar refractivity (Wildman–Crippen MR) is 127 cm³/mol. The lowest BCUT2D eigenvalue weighted by Crippen LogP contribution is -2.51. The van der Waals surface area contributed by atoms with Gasteiger partial charge in [0, 0.05) is 5.92 Å². The molecule has 3 saturated carbocycles. The van der Waals surface area contributed by atoms with Crippen LogP contribution in [0, 0.1) is 34.5 Å². The van der Waals surface area contributed by atoms with Gasteiger partial charge in [-0.15, -0.1) is 0 Å². The van der Waals surface area contributed by atoms with Gasteiger partial charge < -0.3 is 9.47 Å². The van der Waals surface area contributed by atoms with Crippen LogP contribution in [0.4, 0.5) is 0 Å². The Morgan fingerprint density at radius 3 is 2.56 bits per heavy atom. The van der Waals surface area contributed by atoms with Crippen molar-refractivity contribution in [3.05, 3.63) is 41.5 Å². The average molecular weight is 437 g/mol. The second-order valence-electron chi connectivity index (χ2n) is 11.6. The average Bonchev–Trinajstić information content (AvgIpc) is 3.15. The van der Waals surface area contributed by atoms with Gasteiger partial charge in [-0.25, -0.2) is 0 Å². The summed E-state index contributed by atoms with van der Waals surface area (Å²) in [6.45, 7) is 7.49. The molecular weight excluding hydrogens is 396 g/mol. The molecule has 1 aromatic rings. The summed E-state index contributed by atoms with van der Waals surface area (Å²) in [4.78, 5) is 12.4. The van der Waals surface area contributed by atoms with Crippen LogP contribution in [0.1, 0.15) is 77.7 Å². The topological polar surface area (TPSA) is 35.5 Å². The first-order valence-electron chi connectivity index (χ1n) is 12.8. The number of carbonyl (C=O) groups excluding carboxylic acids is 1. The van der Waals surface area contributed by atoms with Crippen molar-refractivity contribution >= 4 is 5.78 Å². The van der Waals surface area contributed by atoms with Gasteiger partial charge in [-0.2, -0.15) is 0 Å². The Balaban J connectivity index is 1.30. The number of Topliss-reactive ketones (excluding diaryl/α,β-unsaturated/α-hetero) is 1. The van der Waals surface area contributed by atoms with Gasteiger partial charge in [0.2, 0.25) is 0 Å². The number of allylic oxidation sites excluding steroid dienone is 2. The van der Waals surface area contributed by atoms with Crippen molar-refractivity contribution in [3.63, 3.8) is 0 Å². The molecule has 0 radical (unpaired) electrons. The molecule has 5 rings (SSSR count). The second-order valence-corrected chi connectivity index (χ2v) is 11.6. The molecule has 0 aromatic heterocycles. The molecule has 0 aliphatic heterocycles. The molecule has 0 amide bonds. The van der Waals surface area contributed by atoms with E-state index in [2.05, 4.69) is 32.1 Å². The molecule has 3 fully saturated rings. The number of hydrogen-bond donors (Lipinski definition) is 0. The van der Waals surface area contributed by atoms with Crippen molar-refractivity contribution in [2.75, 3.05) is 7.11 Å². The minimum Gasteiger partial charge on any atom is -0.497 e. The molecule has 3 heteroatoms. The number of carbonyl (C=O) groups is 1. The number of fused-ring (bicyclic) bond motifs is 5. The number of hydrogen-bond acceptors (Lipinski definition) is 3. The normalized spacial score (nSPS) is 40.6. The first-order chi connectivity index (χ1) is 15.3. The summed E-state index contributed by atoms with van der Waals surface area (Å²) in [6, 6.07) is 8.25. The molecule has 0 heterocycles. The van der Waals surface area contributed by atoms with Crippen LogP contribution >= 0.6 is 0 Å². The van der Waals surface area contributed by atoms with Crippen LogP contribution in [0.2, 0.25) is 0 Å². The zero-order valence-corrected chi connectivity index (χ0v) is 20.4. The molecule has 4 aliphatic rings. The Morgan fingerprint density at radius 2 is 1.84 bits per heavy atom. The molecule has 1 unspecified atom stereocenters. The highest BCUT2D eigenvalue weighted by molar-refractivity contribution is 5.79. The highest BCUT2D eigenvalue weighted by Crippen LogP contribution is 2.66. The summed E-state index contributed by atoms with van der Waals surface area (Å²) in [6.07, 6.45) is 12.5. The summed E-state index contributed by atoms with van der Waals surface area (Å²) < 4.78 is 11.8. The largest absolute Gasteiger partial charge is 0.497 e. The molecule has 3 nitrogen and oxygen atoms in total. The first-order valence-corrected chi connectivity index (χ1v) is 12.8. The van der Waals surface area contributed by atoms with Crippen molar-refractivity contribution in [2.45, 2.75) is 84.8 Å². The van der Waals surface area contributed by atoms with Gasteiger partial charge in [0.05, 0.1) is 19.8 Å². The molecule has 0 spiro atoms. The van der Waals surface area contributed by atoms with E-state index in [1.165, 1.54) is 37.7 Å². The second kappa shape index (κ2) is 8.31. The number of methoxy groups -OCH3 is 1. The monoisotopic (exact) mass is 436 g/mol. The van der Waals surface area contributed by atoms with Crippen LogP contribution in [0.3, 0.4) is 0 Å². The number of ketones is 1. The van der Waals surface area contributed by atoms with Crippen molar-refractivity contribution in [2.24, 2.45) is 34.5 Å². The maximum atomic E-state index is 12.4. The zero-order chi connectivity index (χ0) is 22.5. The fourth-order valence-corrected chi connectivity index (χ4v) is 8.46. The Bertz CT molecular complexity index is 886. The van der Waals surface area contributed by atoms with Crippen molar-refractivity contribution in [1.29, 1.82) is 0 Å². The summed E-state index contributed by atoms with van der Waals surface area (Å²) >= 11 is 0. The molecule has 0 N–H and O–H groups in total. The van der Waals surface area contributed by atoms with Gasteiger partial charge >= 0.3 is 0 Å². The van der Waals surface area contributed by atoms with Crippen LogP contribution in [-0.4, -0.2) is 19.0 Å². The third-order valence-corrected chi connectivity index (χ3v) is 10.1. The van der Waals surface area contributed by atoms with Gasteiger partial charge in [-0.1, -0.05) is 37.6 Å². The van der Waals surface area contributed by atoms with Gasteiger partial charge in [0.1, 0.15) is 11.5 Å². The fourth-order valence-electron chi connectivity index (χ4n) is 8.46. The van der Waals surface area contributed by atoms with Gasteiger partial charge in [-0.3, -0.25) is 4.79 Å². The molecule has 7 atom stereocenters. The Kier molecular flexibility index (Phi) is 5.76. The van der Waals surface area contributed by atoms with E-state index in [4.69, 9.17) is 9.47 Å². The Morgan fingerprint density at radius 1 is 1.06 bits per heavy atom. The van der Waals surface area contributed by atoms with Gasteiger partial charge in [-0.05, 0) is 105 Å². The van der Waals surface area contributed by atoms with E-state index in [1.807, 2.05) is 19.1 Å². The van der Waals surface area contributed by atoms with Crippen LogP contribution in [0.25, 0.3) is 0 Å². The Hall–Kier alpha value is -1.61. The molecule has 0 saturated heterocycles. The van der Waals surface area contributed by atoms with Gasteiger partial charge in [0.15, 0.2) is 0 Å². The van der Waals surface area contributed by atoms with Crippen LogP contribution in [-0.2, 0) is 16.1 Å². The number of rotatable bonds is 5. The molecular formula is C29H40O3. The SMILES string of the molecule is COc1ccc(COC2CCC3=CC[C@H]4[C@@H]5CC[C@H](C(C)=O)[C@@]5(C)CC[C@@H]4[C@@]3(C)C2)cc1. The molecule has 0 bridgehead atoms. The van der Waals surface area contributed by atoms with E-state index < -0.39 is 0 Å². The van der Waals surface area contributed by atoms with Crippen LogP contribution in [0.5, 0.6) is 5.75 Å². The summed E-state index contributed by atoms with van der Waals surface area (Å²) in [5.41, 5.74) is 3.41. The van der Waals surface area contributed by atoms with Gasteiger partial charge in [0.25, 0.3) is 0 Å². The Labute approximate surface area is 194 Å². The quantitative estimate of drug-likeness (QED) is 0.479. The predicted octanol–water partition coefficient (Wildman–Crippen LogP) is 6.75. The molecule has 1 aromatic carbocycles. The lowest BCUT2D eigenvalue weighted by molar-refractivity contribution is -0.127. The number of ether oxygens (including phenoxy) is 2. The maximum absolute atomic E-state index is 12.4. The molecule has 32 heavy (non-hydrogen) atoms. The summed E-state index contributed by atoms with van der Waals surface area (Å²) in [5, 5.41) is 0. The van der Waals surface area contributed by atoms with Crippen LogP contribution < -0.4 is 4.74 Å². The third kappa shape index (κ3) is 3.56. The van der Waals surface area contributed by atoms with E-state index >= 15 is 0 Å². The standard InChI is InChI=1S/C29H40O3/c1-19(30)25-13-14-26-24-12-8-21-7-11-23(32-18-20-5-9-22(31-4)10-6-20)17-29(21,3)27(24)15-16-28(25,26)2/h5-6,8-10,23-27H,7,11-18H2,1-4H3/t23?,24-,25+,26-,27-,28+,29-/m0/s1. The van der Waals surface area contributed by atoms with E-state index in [0.29, 0.717) is 30.3 Å².